The van der Waals surface area contributed by atoms with Crippen LogP contribution in [-0.2, 0) is 6.54 Å². The molecule has 5 nitrogen and oxygen atoms in total. The highest BCUT2D eigenvalue weighted by atomic mass is 35.5. The summed E-state index contributed by atoms with van der Waals surface area (Å²) in [6, 6.07) is 12.9. The molecule has 0 atom stereocenters. The van der Waals surface area contributed by atoms with Gasteiger partial charge in [-0.05, 0) is 55.2 Å². The van der Waals surface area contributed by atoms with Gasteiger partial charge in [0.2, 0.25) is 0 Å². The molecule has 0 aliphatic heterocycles. The molecule has 1 aromatic heterocycles. The van der Waals surface area contributed by atoms with E-state index in [0.717, 1.165) is 28.8 Å². The molecule has 134 valence electrons. The number of hydrogen-bond donors (Lipinski definition) is 1. The van der Waals surface area contributed by atoms with Gasteiger partial charge in [-0.1, -0.05) is 17.7 Å². The van der Waals surface area contributed by atoms with Crippen LogP contribution in [0, 0.1) is 5.92 Å². The van der Waals surface area contributed by atoms with Crippen LogP contribution < -0.4 is 9.47 Å². The molecule has 1 saturated carbocycles. The molecule has 6 heteroatoms. The number of fused-ring (bicyclic) bond motifs is 1. The van der Waals surface area contributed by atoms with Crippen molar-refractivity contribution in [3.8, 4) is 11.5 Å². The third-order valence-corrected chi connectivity index (χ3v) is 4.74. The summed E-state index contributed by atoms with van der Waals surface area (Å²) in [4.78, 5) is 10.9. The third kappa shape index (κ3) is 3.63. The minimum absolute atomic E-state index is 0.324. The number of hydrogen-bond acceptors (Lipinski definition) is 3. The minimum atomic E-state index is -1.32. The van der Waals surface area contributed by atoms with E-state index in [2.05, 4.69) is 0 Å². The Labute approximate surface area is 155 Å². The van der Waals surface area contributed by atoms with Gasteiger partial charge in [-0.15, -0.1) is 0 Å². The zero-order chi connectivity index (χ0) is 18.1. The Bertz CT molecular complexity index is 962. The first kappa shape index (κ1) is 16.8. The van der Waals surface area contributed by atoms with E-state index in [9.17, 15) is 4.79 Å². The van der Waals surface area contributed by atoms with Crippen LogP contribution in [0.2, 0.25) is 5.02 Å². The Morgan fingerprint density at radius 2 is 2.04 bits per heavy atom. The first-order valence-corrected chi connectivity index (χ1v) is 8.88. The van der Waals surface area contributed by atoms with E-state index >= 15 is 0 Å². The van der Waals surface area contributed by atoms with Crippen molar-refractivity contribution in [2.45, 2.75) is 19.4 Å². The maximum absolute atomic E-state index is 10.9. The summed E-state index contributed by atoms with van der Waals surface area (Å²) in [7, 11) is 0. The van der Waals surface area contributed by atoms with Crippen molar-refractivity contribution in [2.24, 2.45) is 5.92 Å². The molecular formula is C20H18ClNO4. The highest BCUT2D eigenvalue weighted by molar-refractivity contribution is 6.30. The van der Waals surface area contributed by atoms with Crippen LogP contribution in [-0.4, -0.2) is 22.4 Å². The maximum atomic E-state index is 10.9. The van der Waals surface area contributed by atoms with Crippen LogP contribution in [0.3, 0.4) is 0 Å². The average Bonchev–Trinajstić information content (AvgIpc) is 3.34. The summed E-state index contributed by atoms with van der Waals surface area (Å²) >= 11 is 6.18. The lowest BCUT2D eigenvalue weighted by Crippen LogP contribution is -2.05. The highest BCUT2D eigenvalue weighted by Crippen LogP contribution is 2.32. The summed E-state index contributed by atoms with van der Waals surface area (Å²) in [5.74, 6) is 1.83. The summed E-state index contributed by atoms with van der Waals surface area (Å²) in [5, 5.41) is 10.3. The van der Waals surface area contributed by atoms with Crippen LogP contribution >= 0.6 is 11.6 Å². The topological polar surface area (TPSA) is 60.7 Å². The SMILES string of the molecule is O=C(O)Oc1cccc2c1ccn2Cc1cc(Cl)ccc1OCC1CC1. The smallest absolute Gasteiger partial charge is 0.493 e. The number of nitrogens with zero attached hydrogens (tertiary/aromatic N) is 1. The Balaban J connectivity index is 1.64. The number of rotatable bonds is 6. The van der Waals surface area contributed by atoms with Crippen LogP contribution in [0.25, 0.3) is 10.9 Å². The molecule has 1 N–H and O–H groups in total. The van der Waals surface area contributed by atoms with Gasteiger partial charge in [-0.25, -0.2) is 4.79 Å². The Morgan fingerprint density at radius 1 is 1.19 bits per heavy atom. The second-order valence-electron chi connectivity index (χ2n) is 6.51. The molecule has 1 fully saturated rings. The number of halogens is 1. The molecular weight excluding hydrogens is 354 g/mol. The monoisotopic (exact) mass is 371 g/mol. The summed E-state index contributed by atoms with van der Waals surface area (Å²) < 4.78 is 12.9. The van der Waals surface area contributed by atoms with Gasteiger partial charge >= 0.3 is 6.16 Å². The Morgan fingerprint density at radius 3 is 2.81 bits per heavy atom. The van der Waals surface area contributed by atoms with E-state index in [1.807, 2.05) is 41.1 Å². The number of benzene rings is 2. The van der Waals surface area contributed by atoms with Crippen LogP contribution in [0.15, 0.2) is 48.7 Å². The quantitative estimate of drug-likeness (QED) is 0.478. The third-order valence-electron chi connectivity index (χ3n) is 4.51. The maximum Gasteiger partial charge on any atom is 0.511 e. The van der Waals surface area contributed by atoms with Crippen molar-refractivity contribution >= 4 is 28.7 Å². The van der Waals surface area contributed by atoms with E-state index in [4.69, 9.17) is 26.2 Å². The predicted octanol–water partition coefficient (Wildman–Crippen LogP) is 5.19. The molecule has 0 unspecified atom stereocenters. The van der Waals surface area contributed by atoms with Gasteiger partial charge in [-0.3, -0.25) is 0 Å². The van der Waals surface area contributed by atoms with Crippen molar-refractivity contribution in [3.63, 3.8) is 0 Å². The number of carbonyl (C=O) groups is 1. The molecule has 1 heterocycles. The van der Waals surface area contributed by atoms with Gasteiger partial charge in [0, 0.05) is 22.2 Å². The molecule has 0 amide bonds. The molecule has 3 aromatic rings. The lowest BCUT2D eigenvalue weighted by Gasteiger charge is -2.13. The fraction of sp³-hybridized carbons (Fsp3) is 0.250. The van der Waals surface area contributed by atoms with Gasteiger partial charge in [-0.2, -0.15) is 0 Å². The van der Waals surface area contributed by atoms with Crippen molar-refractivity contribution in [1.82, 2.24) is 4.57 Å². The fourth-order valence-electron chi connectivity index (χ4n) is 3.00. The summed E-state index contributed by atoms with van der Waals surface area (Å²) in [6.07, 6.45) is 3.05. The molecule has 26 heavy (non-hydrogen) atoms. The fourth-order valence-corrected chi connectivity index (χ4v) is 3.20. The predicted molar refractivity (Wildman–Crippen MR) is 99.4 cm³/mol. The minimum Gasteiger partial charge on any atom is -0.493 e. The summed E-state index contributed by atoms with van der Waals surface area (Å²) in [6.45, 7) is 1.30. The normalized spacial score (nSPS) is 13.7. The first-order chi connectivity index (χ1) is 12.6. The molecule has 0 spiro atoms. The zero-order valence-electron chi connectivity index (χ0n) is 14.0. The molecule has 0 bridgehead atoms. The van der Waals surface area contributed by atoms with E-state index in [-0.39, 0.29) is 0 Å². The molecule has 0 saturated heterocycles. The number of aromatic nitrogens is 1. The first-order valence-electron chi connectivity index (χ1n) is 8.50. The van der Waals surface area contributed by atoms with Gasteiger partial charge < -0.3 is 19.1 Å². The van der Waals surface area contributed by atoms with E-state index in [0.29, 0.717) is 23.2 Å². The van der Waals surface area contributed by atoms with Crippen LogP contribution in [0.1, 0.15) is 18.4 Å². The van der Waals surface area contributed by atoms with Gasteiger partial charge in [0.05, 0.1) is 18.7 Å². The number of carboxylic acid groups (broad SMARTS) is 1. The Hall–Kier alpha value is -2.66. The van der Waals surface area contributed by atoms with Crippen LogP contribution in [0.5, 0.6) is 11.5 Å². The highest BCUT2D eigenvalue weighted by Gasteiger charge is 2.22. The summed E-state index contributed by atoms with van der Waals surface area (Å²) in [5.41, 5.74) is 1.87. The zero-order valence-corrected chi connectivity index (χ0v) is 14.8. The van der Waals surface area contributed by atoms with E-state index in [1.165, 1.54) is 12.8 Å². The van der Waals surface area contributed by atoms with Gasteiger partial charge in [0.25, 0.3) is 0 Å². The molecule has 2 aromatic carbocycles. The second kappa shape index (κ2) is 6.92. The van der Waals surface area contributed by atoms with Crippen molar-refractivity contribution in [1.29, 1.82) is 0 Å². The lowest BCUT2D eigenvalue weighted by molar-refractivity contribution is 0.145. The Kier molecular flexibility index (Phi) is 4.47. The average molecular weight is 372 g/mol. The lowest BCUT2D eigenvalue weighted by atomic mass is 10.2. The molecule has 1 aliphatic carbocycles. The standard InChI is InChI=1S/C20H18ClNO4/c21-15-6-7-18(25-12-13-4-5-13)14(10-15)11-22-9-8-16-17(22)2-1-3-19(16)26-20(23)24/h1-3,6-10,13H,4-5,11-12H2,(H,23,24). The number of ether oxygens (including phenoxy) is 2. The molecule has 1 aliphatic rings. The van der Waals surface area contributed by atoms with E-state index < -0.39 is 6.16 Å². The van der Waals surface area contributed by atoms with Crippen molar-refractivity contribution < 1.29 is 19.4 Å². The van der Waals surface area contributed by atoms with Gasteiger partial charge in [0.15, 0.2) is 0 Å². The largest absolute Gasteiger partial charge is 0.511 e. The molecule has 4 rings (SSSR count). The van der Waals surface area contributed by atoms with Crippen molar-refractivity contribution in [3.05, 3.63) is 59.2 Å². The second-order valence-corrected chi connectivity index (χ2v) is 6.94. The molecule has 0 radical (unpaired) electrons. The van der Waals surface area contributed by atoms with Gasteiger partial charge in [0.1, 0.15) is 11.5 Å². The van der Waals surface area contributed by atoms with E-state index in [1.54, 1.807) is 12.1 Å². The van der Waals surface area contributed by atoms with Crippen LogP contribution in [0.4, 0.5) is 4.79 Å². The van der Waals surface area contributed by atoms with Crippen molar-refractivity contribution in [2.75, 3.05) is 6.61 Å².